The fourth-order valence-corrected chi connectivity index (χ4v) is 3.16. The molecule has 0 fully saturated rings. The van der Waals surface area contributed by atoms with Crippen LogP contribution in [-0.2, 0) is 9.84 Å². The van der Waals surface area contributed by atoms with E-state index in [4.69, 9.17) is 6.42 Å². The number of benzene rings is 1. The molecule has 0 saturated heterocycles. The zero-order valence-electron chi connectivity index (χ0n) is 11.1. The van der Waals surface area contributed by atoms with Gasteiger partial charge in [-0.1, -0.05) is 0 Å². The van der Waals surface area contributed by atoms with Gasteiger partial charge in [0.15, 0.2) is 0 Å². The summed E-state index contributed by atoms with van der Waals surface area (Å²) in [5.41, 5.74) is 4.65. The first kappa shape index (κ1) is 18.2. The maximum atomic E-state index is 11.8. The van der Waals surface area contributed by atoms with E-state index in [2.05, 4.69) is 37.2 Å². The smallest absolute Gasteiger partial charge is 0.210 e. The van der Waals surface area contributed by atoms with Gasteiger partial charge in [-0.15, -0.1) is 6.42 Å². The van der Waals surface area contributed by atoms with E-state index in [9.17, 15) is 8.42 Å². The predicted molar refractivity (Wildman–Crippen MR) is 94.2 cm³/mol. The zero-order valence-corrected chi connectivity index (χ0v) is 16.2. The summed E-state index contributed by atoms with van der Waals surface area (Å²) in [6, 6.07) is 0. The van der Waals surface area contributed by atoms with Crippen molar-refractivity contribution in [3.63, 3.8) is 0 Å². The van der Waals surface area contributed by atoms with Crippen molar-refractivity contribution in [2.24, 2.45) is 0 Å². The van der Waals surface area contributed by atoms with Gasteiger partial charge < -0.3 is 0 Å². The quantitative estimate of drug-likeness (QED) is 0.333. The number of sulfone groups is 1. The van der Waals surface area contributed by atoms with E-state index in [1.54, 1.807) is 13.8 Å². The topological polar surface area (TPSA) is 34.1 Å². The minimum absolute atomic E-state index is 0.301. The highest BCUT2D eigenvalue weighted by molar-refractivity contribution is 15.0. The van der Waals surface area contributed by atoms with Gasteiger partial charge in [-0.05, 0) is 62.4 Å². The van der Waals surface area contributed by atoms with Crippen LogP contribution in [0.25, 0.3) is 0 Å². The second-order valence-electron chi connectivity index (χ2n) is 4.08. The highest BCUT2D eigenvalue weighted by Crippen LogP contribution is 2.29. The standard InChI is InChI=1S/C13H16O2S.I2/c1-7-16(14,15)13-11(5)9(3)8(2)10(4)12(13)6;1-2/h1H,2-6H3;. The Morgan fingerprint density at radius 3 is 1.39 bits per heavy atom. The summed E-state index contributed by atoms with van der Waals surface area (Å²) in [7, 11) is -3.59. The molecule has 18 heavy (non-hydrogen) atoms. The fraction of sp³-hybridized carbons (Fsp3) is 0.385. The maximum absolute atomic E-state index is 11.8. The second kappa shape index (κ2) is 7.10. The number of rotatable bonds is 1. The normalized spacial score (nSPS) is 10.3. The molecule has 0 heterocycles. The van der Waals surface area contributed by atoms with Crippen molar-refractivity contribution in [1.82, 2.24) is 0 Å². The van der Waals surface area contributed by atoms with Gasteiger partial charge in [0, 0.05) is 42.5 Å². The Labute approximate surface area is 133 Å². The Balaban J connectivity index is 0.00000137. The first-order valence-electron chi connectivity index (χ1n) is 5.17. The molecule has 0 spiro atoms. The molecule has 0 aliphatic carbocycles. The Morgan fingerprint density at radius 2 is 1.11 bits per heavy atom. The Morgan fingerprint density at radius 1 is 0.833 bits per heavy atom. The third-order valence-electron chi connectivity index (χ3n) is 3.36. The minimum atomic E-state index is -3.59. The molecule has 1 rings (SSSR count). The number of halogens is 2. The fourth-order valence-electron chi connectivity index (χ4n) is 1.93. The predicted octanol–water partition coefficient (Wildman–Crippen LogP) is 4.36. The molecular formula is C13H16I2O2S. The first-order valence-corrected chi connectivity index (χ1v) is 12.9. The van der Waals surface area contributed by atoms with E-state index >= 15 is 0 Å². The molecule has 1 aromatic rings. The molecule has 100 valence electrons. The molecule has 0 aliphatic rings. The zero-order chi connectivity index (χ0) is 14.7. The number of terminal acetylenes is 1. The van der Waals surface area contributed by atoms with Crippen molar-refractivity contribution in [2.45, 2.75) is 39.5 Å². The van der Waals surface area contributed by atoms with Crippen molar-refractivity contribution in [2.75, 3.05) is 0 Å². The van der Waals surface area contributed by atoms with Crippen LogP contribution in [-0.4, -0.2) is 8.42 Å². The van der Waals surface area contributed by atoms with Crippen LogP contribution in [0.15, 0.2) is 4.90 Å². The molecular weight excluding hydrogens is 474 g/mol. The van der Waals surface area contributed by atoms with Gasteiger partial charge in [-0.3, -0.25) is 0 Å². The van der Waals surface area contributed by atoms with Gasteiger partial charge in [-0.2, -0.15) is 0 Å². The highest BCUT2D eigenvalue weighted by Gasteiger charge is 2.21. The summed E-state index contributed by atoms with van der Waals surface area (Å²) in [6.45, 7) is 9.45. The van der Waals surface area contributed by atoms with E-state index in [1.807, 2.05) is 26.0 Å². The third-order valence-corrected chi connectivity index (χ3v) is 4.82. The van der Waals surface area contributed by atoms with Crippen LogP contribution in [0, 0.1) is 46.3 Å². The van der Waals surface area contributed by atoms with Crippen molar-refractivity contribution in [1.29, 1.82) is 0 Å². The van der Waals surface area contributed by atoms with Gasteiger partial charge in [0.25, 0.3) is 0 Å². The van der Waals surface area contributed by atoms with E-state index in [1.165, 1.54) is 0 Å². The SMILES string of the molecule is C#CS(=O)(=O)c1c(C)c(C)c(C)c(C)c1C.II. The van der Waals surface area contributed by atoms with E-state index < -0.39 is 9.84 Å². The molecule has 0 saturated carbocycles. The summed E-state index contributed by atoms with van der Waals surface area (Å²) >= 11 is 4.24. The van der Waals surface area contributed by atoms with E-state index in [-0.39, 0.29) is 0 Å². The molecule has 0 bridgehead atoms. The lowest BCUT2D eigenvalue weighted by Gasteiger charge is -2.16. The van der Waals surface area contributed by atoms with Crippen LogP contribution in [0.3, 0.4) is 0 Å². The van der Waals surface area contributed by atoms with Crippen molar-refractivity contribution >= 4 is 47.1 Å². The average molecular weight is 490 g/mol. The monoisotopic (exact) mass is 490 g/mol. The average Bonchev–Trinajstić information content (AvgIpc) is 2.36. The van der Waals surface area contributed by atoms with Crippen molar-refractivity contribution in [3.05, 3.63) is 27.8 Å². The Bertz CT molecular complexity index is 567. The van der Waals surface area contributed by atoms with E-state index in [0.717, 1.165) is 27.8 Å². The summed E-state index contributed by atoms with van der Waals surface area (Å²) < 4.78 is 23.6. The van der Waals surface area contributed by atoms with Gasteiger partial charge >= 0.3 is 0 Å². The van der Waals surface area contributed by atoms with Crippen molar-refractivity contribution < 1.29 is 8.42 Å². The number of hydrogen-bond acceptors (Lipinski definition) is 2. The summed E-state index contributed by atoms with van der Waals surface area (Å²) in [6.07, 6.45) is 5.08. The van der Waals surface area contributed by atoms with Crippen LogP contribution in [0.1, 0.15) is 27.8 Å². The second-order valence-corrected chi connectivity index (χ2v) is 5.73. The minimum Gasteiger partial charge on any atom is -0.210 e. The molecule has 1 aromatic carbocycles. The molecule has 0 N–H and O–H groups in total. The van der Waals surface area contributed by atoms with Gasteiger partial charge in [0.05, 0.1) is 4.90 Å². The van der Waals surface area contributed by atoms with Crippen LogP contribution in [0.2, 0.25) is 0 Å². The van der Waals surface area contributed by atoms with Gasteiger partial charge in [0.1, 0.15) is 0 Å². The van der Waals surface area contributed by atoms with Crippen LogP contribution < -0.4 is 0 Å². The molecule has 0 unspecified atom stereocenters. The molecule has 0 aliphatic heterocycles. The highest BCUT2D eigenvalue weighted by atomic mass is 128. The lowest BCUT2D eigenvalue weighted by molar-refractivity contribution is 0.604. The number of hydrogen-bond donors (Lipinski definition) is 0. The molecule has 5 heteroatoms. The largest absolute Gasteiger partial charge is 0.245 e. The summed E-state index contributed by atoms with van der Waals surface area (Å²) in [5, 5.41) is 1.89. The molecule has 0 radical (unpaired) electrons. The van der Waals surface area contributed by atoms with Crippen LogP contribution in [0.5, 0.6) is 0 Å². The van der Waals surface area contributed by atoms with Gasteiger partial charge in [0.2, 0.25) is 9.84 Å². The van der Waals surface area contributed by atoms with Gasteiger partial charge in [-0.25, -0.2) is 8.42 Å². The summed E-state index contributed by atoms with van der Waals surface area (Å²) in [4.78, 5) is 0.301. The molecule has 0 atom stereocenters. The molecule has 2 nitrogen and oxygen atoms in total. The molecule has 0 aromatic heterocycles. The Hall–Kier alpha value is 0.190. The maximum Gasteiger partial charge on any atom is 0.245 e. The molecule has 0 amide bonds. The summed E-state index contributed by atoms with van der Waals surface area (Å²) in [5.74, 6) is 0. The first-order chi connectivity index (χ1) is 8.24. The van der Waals surface area contributed by atoms with Crippen LogP contribution >= 0.6 is 37.2 Å². The van der Waals surface area contributed by atoms with Crippen molar-refractivity contribution in [3.8, 4) is 11.7 Å². The van der Waals surface area contributed by atoms with E-state index in [0.29, 0.717) is 4.90 Å². The lowest BCUT2D eigenvalue weighted by atomic mass is 9.95. The third kappa shape index (κ3) is 3.39. The Kier molecular flexibility index (Phi) is 7.18. The van der Waals surface area contributed by atoms with Crippen LogP contribution in [0.4, 0.5) is 0 Å². The lowest BCUT2D eigenvalue weighted by Crippen LogP contribution is -2.07.